The Morgan fingerprint density at radius 1 is 1.60 bits per heavy atom. The zero-order valence-corrected chi connectivity index (χ0v) is 11.0. The Morgan fingerprint density at radius 3 is 2.95 bits per heavy atom. The van der Waals surface area contributed by atoms with Crippen LogP contribution >= 0.6 is 0 Å². The van der Waals surface area contributed by atoms with Crippen LogP contribution in [0.3, 0.4) is 0 Å². The number of carbonyl (C=O) groups is 1. The van der Waals surface area contributed by atoms with Gasteiger partial charge in [0.15, 0.2) is 0 Å². The molecule has 20 heavy (non-hydrogen) atoms. The van der Waals surface area contributed by atoms with Crippen molar-refractivity contribution in [1.29, 1.82) is 0 Å². The van der Waals surface area contributed by atoms with Gasteiger partial charge in [0.05, 0.1) is 18.0 Å². The van der Waals surface area contributed by atoms with Crippen LogP contribution in [0.4, 0.5) is 10.1 Å². The van der Waals surface area contributed by atoms with Crippen molar-refractivity contribution < 1.29 is 18.8 Å². The lowest BCUT2D eigenvalue weighted by atomic mass is 10.1. The highest BCUT2D eigenvalue weighted by atomic mass is 19.1. The van der Waals surface area contributed by atoms with Crippen molar-refractivity contribution in [2.24, 2.45) is 5.92 Å². The summed E-state index contributed by atoms with van der Waals surface area (Å²) >= 11 is 0. The van der Waals surface area contributed by atoms with Crippen molar-refractivity contribution in [2.45, 2.75) is 13.0 Å². The molecule has 7 heteroatoms. The largest absolute Gasteiger partial charge is 0.469 e. The van der Waals surface area contributed by atoms with Crippen LogP contribution in [0.25, 0.3) is 0 Å². The van der Waals surface area contributed by atoms with Gasteiger partial charge in [0.2, 0.25) is 5.82 Å². The van der Waals surface area contributed by atoms with E-state index in [1.807, 2.05) is 4.90 Å². The Labute approximate surface area is 115 Å². The lowest BCUT2D eigenvalue weighted by Gasteiger charge is -2.15. The second-order valence-electron chi connectivity index (χ2n) is 4.79. The number of methoxy groups -OCH3 is 1. The Kier molecular flexibility index (Phi) is 4.29. The molecule has 0 amide bonds. The monoisotopic (exact) mass is 282 g/mol. The van der Waals surface area contributed by atoms with Crippen molar-refractivity contribution in [3.63, 3.8) is 0 Å². The first-order chi connectivity index (χ1) is 9.51. The number of hydrogen-bond donors (Lipinski definition) is 0. The number of nitro benzene ring substituents is 1. The Balaban J connectivity index is 2.00. The molecule has 1 aromatic carbocycles. The van der Waals surface area contributed by atoms with Crippen LogP contribution < -0.4 is 0 Å². The van der Waals surface area contributed by atoms with E-state index in [-0.39, 0.29) is 11.9 Å². The second-order valence-corrected chi connectivity index (χ2v) is 4.79. The van der Waals surface area contributed by atoms with E-state index in [9.17, 15) is 19.3 Å². The SMILES string of the molecule is COC(=O)C1CCN(Cc2ccc([N+](=O)[O-])c(F)c2)C1. The molecule has 1 saturated heterocycles. The van der Waals surface area contributed by atoms with Crippen LogP contribution in [0.2, 0.25) is 0 Å². The number of esters is 1. The first-order valence-electron chi connectivity index (χ1n) is 6.24. The molecule has 0 N–H and O–H groups in total. The molecule has 0 radical (unpaired) electrons. The highest BCUT2D eigenvalue weighted by Gasteiger charge is 2.29. The van der Waals surface area contributed by atoms with E-state index >= 15 is 0 Å². The quantitative estimate of drug-likeness (QED) is 0.477. The maximum atomic E-state index is 13.5. The zero-order chi connectivity index (χ0) is 14.7. The lowest BCUT2D eigenvalue weighted by molar-refractivity contribution is -0.387. The molecular formula is C13H15FN2O4. The number of nitrogens with zero attached hydrogens (tertiary/aromatic N) is 2. The Hall–Kier alpha value is -2.02. The molecule has 1 atom stereocenters. The van der Waals surface area contributed by atoms with Crippen LogP contribution in [0.5, 0.6) is 0 Å². The first kappa shape index (κ1) is 14.4. The summed E-state index contributed by atoms with van der Waals surface area (Å²) in [5.74, 6) is -1.22. The molecule has 0 aromatic heterocycles. The van der Waals surface area contributed by atoms with Gasteiger partial charge in [-0.05, 0) is 24.6 Å². The molecule has 1 heterocycles. The third-order valence-electron chi connectivity index (χ3n) is 3.42. The number of hydrogen-bond acceptors (Lipinski definition) is 5. The molecule has 1 aromatic rings. The van der Waals surface area contributed by atoms with Gasteiger partial charge in [-0.2, -0.15) is 4.39 Å². The van der Waals surface area contributed by atoms with Crippen molar-refractivity contribution in [3.05, 3.63) is 39.7 Å². The fourth-order valence-electron chi connectivity index (χ4n) is 2.39. The van der Waals surface area contributed by atoms with E-state index in [0.29, 0.717) is 25.1 Å². The standard InChI is InChI=1S/C13H15FN2O4/c1-20-13(17)10-4-5-15(8-10)7-9-2-3-12(16(18)19)11(14)6-9/h2-3,6,10H,4-5,7-8H2,1H3. The first-order valence-corrected chi connectivity index (χ1v) is 6.24. The highest BCUT2D eigenvalue weighted by Crippen LogP contribution is 2.22. The fraction of sp³-hybridized carbons (Fsp3) is 0.462. The zero-order valence-electron chi connectivity index (χ0n) is 11.0. The average Bonchev–Trinajstić information content (AvgIpc) is 2.86. The molecule has 1 unspecified atom stereocenters. The summed E-state index contributed by atoms with van der Waals surface area (Å²) in [6.07, 6.45) is 0.710. The summed E-state index contributed by atoms with van der Waals surface area (Å²) in [7, 11) is 1.36. The molecule has 0 spiro atoms. The summed E-state index contributed by atoms with van der Waals surface area (Å²) in [5.41, 5.74) is 0.126. The molecule has 0 saturated carbocycles. The summed E-state index contributed by atoms with van der Waals surface area (Å²) in [4.78, 5) is 23.2. The van der Waals surface area contributed by atoms with Crippen LogP contribution in [0, 0.1) is 21.8 Å². The molecule has 1 aliphatic heterocycles. The summed E-state index contributed by atoms with van der Waals surface area (Å²) in [6.45, 7) is 1.74. The predicted octanol–water partition coefficient (Wildman–Crippen LogP) is 1.73. The van der Waals surface area contributed by atoms with Gasteiger partial charge in [0.1, 0.15) is 0 Å². The van der Waals surface area contributed by atoms with Crippen LogP contribution in [-0.4, -0.2) is 36.0 Å². The van der Waals surface area contributed by atoms with E-state index < -0.39 is 16.4 Å². The molecule has 1 aliphatic rings. The van der Waals surface area contributed by atoms with E-state index in [4.69, 9.17) is 4.74 Å². The number of benzene rings is 1. The van der Waals surface area contributed by atoms with Crippen LogP contribution in [-0.2, 0) is 16.1 Å². The Morgan fingerprint density at radius 2 is 2.35 bits per heavy atom. The summed E-state index contributed by atoms with van der Waals surface area (Å²) in [6, 6.07) is 3.87. The second kappa shape index (κ2) is 5.96. The summed E-state index contributed by atoms with van der Waals surface area (Å²) < 4.78 is 18.2. The third kappa shape index (κ3) is 3.11. The average molecular weight is 282 g/mol. The summed E-state index contributed by atoms with van der Waals surface area (Å²) in [5, 5.41) is 10.5. The van der Waals surface area contributed by atoms with Gasteiger partial charge in [-0.3, -0.25) is 19.8 Å². The van der Waals surface area contributed by atoms with Gasteiger partial charge >= 0.3 is 11.7 Å². The van der Waals surface area contributed by atoms with Crippen molar-refractivity contribution in [2.75, 3.05) is 20.2 Å². The number of carbonyl (C=O) groups excluding carboxylic acids is 1. The van der Waals surface area contributed by atoms with E-state index in [0.717, 1.165) is 6.54 Å². The minimum Gasteiger partial charge on any atom is -0.469 e. The van der Waals surface area contributed by atoms with Gasteiger partial charge in [0.25, 0.3) is 0 Å². The molecule has 1 fully saturated rings. The number of halogens is 1. The number of nitro groups is 1. The predicted molar refractivity (Wildman–Crippen MR) is 68.5 cm³/mol. The van der Waals surface area contributed by atoms with Gasteiger partial charge in [-0.1, -0.05) is 6.07 Å². The highest BCUT2D eigenvalue weighted by molar-refractivity contribution is 5.72. The van der Waals surface area contributed by atoms with Gasteiger partial charge < -0.3 is 4.74 Å². The molecular weight excluding hydrogens is 267 g/mol. The fourth-order valence-corrected chi connectivity index (χ4v) is 2.39. The normalized spacial score (nSPS) is 19.0. The third-order valence-corrected chi connectivity index (χ3v) is 3.42. The number of rotatable bonds is 4. The lowest BCUT2D eigenvalue weighted by Crippen LogP contribution is -2.23. The Bertz CT molecular complexity index is 535. The van der Waals surface area contributed by atoms with Crippen LogP contribution in [0.15, 0.2) is 18.2 Å². The minimum absolute atomic E-state index is 0.150. The molecule has 0 aliphatic carbocycles. The van der Waals surface area contributed by atoms with E-state index in [2.05, 4.69) is 0 Å². The van der Waals surface area contributed by atoms with E-state index in [1.165, 1.54) is 25.3 Å². The van der Waals surface area contributed by atoms with Gasteiger partial charge in [-0.25, -0.2) is 0 Å². The number of ether oxygens (including phenoxy) is 1. The topological polar surface area (TPSA) is 72.7 Å². The van der Waals surface area contributed by atoms with Crippen molar-refractivity contribution >= 4 is 11.7 Å². The maximum Gasteiger partial charge on any atom is 0.310 e. The van der Waals surface area contributed by atoms with Crippen molar-refractivity contribution in [1.82, 2.24) is 4.90 Å². The van der Waals surface area contributed by atoms with Crippen molar-refractivity contribution in [3.8, 4) is 0 Å². The molecule has 6 nitrogen and oxygen atoms in total. The molecule has 108 valence electrons. The number of likely N-dealkylation sites (tertiary alicyclic amines) is 1. The van der Waals surface area contributed by atoms with E-state index in [1.54, 1.807) is 0 Å². The molecule has 0 bridgehead atoms. The maximum absolute atomic E-state index is 13.5. The minimum atomic E-state index is -0.837. The molecule has 2 rings (SSSR count). The van der Waals surface area contributed by atoms with Gasteiger partial charge in [0, 0.05) is 19.2 Å². The van der Waals surface area contributed by atoms with Crippen LogP contribution in [0.1, 0.15) is 12.0 Å². The smallest absolute Gasteiger partial charge is 0.310 e. The van der Waals surface area contributed by atoms with Gasteiger partial charge in [-0.15, -0.1) is 0 Å².